The first-order valence-corrected chi connectivity index (χ1v) is 10.9. The quantitative estimate of drug-likeness (QED) is 0.710. The van der Waals surface area contributed by atoms with Crippen LogP contribution < -0.4 is 0 Å². The summed E-state index contributed by atoms with van der Waals surface area (Å²) in [5.74, 6) is 1.09. The van der Waals surface area contributed by atoms with Gasteiger partial charge in [0.2, 0.25) is 0 Å². The molecule has 3 aliphatic carbocycles. The van der Waals surface area contributed by atoms with Crippen LogP contribution in [-0.2, 0) is 33.6 Å². The topological polar surface area (TPSA) is 82.3 Å². The van der Waals surface area contributed by atoms with Crippen molar-refractivity contribution in [2.75, 3.05) is 7.11 Å². The highest BCUT2D eigenvalue weighted by atomic mass is 32.1. The standard InChI is InChI=1S/C21H24N2O4S/c1-12-22-18(27-23-12)17-13-6-3-4-7-14(13)28-15(17)10-16(24)20-8-5-9-21(20,11-20)19(25)26-2/h3-11H2,1-2H3/t20-,21+/m0/s1. The van der Waals surface area contributed by atoms with Crippen LogP contribution in [0.1, 0.15) is 59.7 Å². The Balaban J connectivity index is 1.50. The molecule has 148 valence electrons. The molecule has 0 bridgehead atoms. The molecule has 6 nitrogen and oxygen atoms in total. The molecule has 0 spiro atoms. The van der Waals surface area contributed by atoms with E-state index in [1.54, 1.807) is 11.3 Å². The van der Waals surface area contributed by atoms with Crippen molar-refractivity contribution in [1.29, 1.82) is 0 Å². The van der Waals surface area contributed by atoms with Crippen molar-refractivity contribution in [1.82, 2.24) is 10.1 Å². The van der Waals surface area contributed by atoms with Crippen LogP contribution in [0.2, 0.25) is 0 Å². The van der Waals surface area contributed by atoms with Gasteiger partial charge < -0.3 is 9.26 Å². The maximum absolute atomic E-state index is 13.4. The number of esters is 1. The van der Waals surface area contributed by atoms with Crippen molar-refractivity contribution in [3.8, 4) is 11.5 Å². The minimum Gasteiger partial charge on any atom is -0.469 e. The largest absolute Gasteiger partial charge is 0.469 e. The van der Waals surface area contributed by atoms with Gasteiger partial charge in [0.05, 0.1) is 18.1 Å². The number of aromatic nitrogens is 2. The highest BCUT2D eigenvalue weighted by molar-refractivity contribution is 7.12. The second-order valence-electron chi connectivity index (χ2n) is 8.44. The number of hydrogen-bond donors (Lipinski definition) is 0. The fraction of sp³-hybridized carbons (Fsp3) is 0.619. The number of aryl methyl sites for hydroxylation is 2. The average molecular weight is 401 g/mol. The minimum atomic E-state index is -0.572. The van der Waals surface area contributed by atoms with E-state index in [4.69, 9.17) is 9.26 Å². The van der Waals surface area contributed by atoms with Crippen molar-refractivity contribution in [2.45, 2.75) is 64.7 Å². The number of ketones is 1. The molecule has 5 rings (SSSR count). The van der Waals surface area contributed by atoms with E-state index in [2.05, 4.69) is 10.1 Å². The predicted molar refractivity (Wildman–Crippen MR) is 103 cm³/mol. The van der Waals surface area contributed by atoms with Gasteiger partial charge >= 0.3 is 5.97 Å². The summed E-state index contributed by atoms with van der Waals surface area (Å²) in [4.78, 5) is 32.6. The number of thiophene rings is 1. The van der Waals surface area contributed by atoms with E-state index in [-0.39, 0.29) is 11.8 Å². The first-order valence-electron chi connectivity index (χ1n) is 10.1. The Kier molecular flexibility index (Phi) is 4.02. The number of carbonyl (C=O) groups is 2. The van der Waals surface area contributed by atoms with E-state index in [1.807, 2.05) is 6.92 Å². The smallest absolute Gasteiger partial charge is 0.312 e. The number of carbonyl (C=O) groups excluding carboxylic acids is 2. The highest BCUT2D eigenvalue weighted by Crippen LogP contribution is 2.74. The first kappa shape index (κ1) is 18.0. The zero-order chi connectivity index (χ0) is 19.5. The van der Waals surface area contributed by atoms with E-state index in [9.17, 15) is 9.59 Å². The van der Waals surface area contributed by atoms with Gasteiger partial charge in [-0.1, -0.05) is 11.6 Å². The second kappa shape index (κ2) is 6.24. The molecule has 0 saturated heterocycles. The van der Waals surface area contributed by atoms with Crippen molar-refractivity contribution < 1.29 is 18.8 Å². The summed E-state index contributed by atoms with van der Waals surface area (Å²) < 4.78 is 10.5. The van der Waals surface area contributed by atoms with Crippen molar-refractivity contribution in [3.05, 3.63) is 21.1 Å². The Morgan fingerprint density at radius 1 is 1.18 bits per heavy atom. The molecule has 28 heavy (non-hydrogen) atoms. The number of Topliss-reactive ketones (excluding diaryl/α,β-unsaturated/α-hetero) is 1. The third-order valence-corrected chi connectivity index (χ3v) is 8.31. The van der Waals surface area contributed by atoms with E-state index < -0.39 is 10.8 Å². The van der Waals surface area contributed by atoms with Crippen LogP contribution in [0.15, 0.2) is 4.52 Å². The van der Waals surface area contributed by atoms with Gasteiger partial charge in [0.25, 0.3) is 5.89 Å². The Bertz CT molecular complexity index is 977. The monoisotopic (exact) mass is 400 g/mol. The molecule has 2 atom stereocenters. The van der Waals surface area contributed by atoms with Crippen molar-refractivity contribution in [3.63, 3.8) is 0 Å². The Morgan fingerprint density at radius 2 is 1.96 bits per heavy atom. The van der Waals surface area contributed by atoms with Crippen LogP contribution in [0.3, 0.4) is 0 Å². The Labute approximate surface area is 167 Å². The van der Waals surface area contributed by atoms with Gasteiger partial charge in [-0.25, -0.2) is 0 Å². The maximum atomic E-state index is 13.4. The van der Waals surface area contributed by atoms with E-state index in [1.165, 1.54) is 24.0 Å². The first-order chi connectivity index (χ1) is 13.5. The summed E-state index contributed by atoms with van der Waals surface area (Å²) in [6.45, 7) is 1.81. The SMILES string of the molecule is COC(=O)[C@]12CCC[C@@]1(C(=O)Cc1sc3c(c1-c1nc(C)no1)CCCC3)C2. The summed E-state index contributed by atoms with van der Waals surface area (Å²) in [6.07, 6.45) is 7.82. The van der Waals surface area contributed by atoms with Crippen LogP contribution in [0.5, 0.6) is 0 Å². The number of fused-ring (bicyclic) bond motifs is 2. The number of rotatable bonds is 5. The van der Waals surface area contributed by atoms with Gasteiger partial charge in [-0.3, -0.25) is 9.59 Å². The molecular weight excluding hydrogens is 376 g/mol. The number of nitrogens with zero attached hydrogens (tertiary/aromatic N) is 2. The van der Waals surface area contributed by atoms with Crippen LogP contribution >= 0.6 is 11.3 Å². The van der Waals surface area contributed by atoms with Crippen LogP contribution in [0.4, 0.5) is 0 Å². The summed E-state index contributed by atoms with van der Waals surface area (Å²) >= 11 is 1.72. The van der Waals surface area contributed by atoms with Crippen molar-refractivity contribution in [2.24, 2.45) is 10.8 Å². The molecule has 2 aromatic rings. The summed E-state index contributed by atoms with van der Waals surface area (Å²) in [6, 6.07) is 0. The molecule has 0 N–H and O–H groups in total. The van der Waals surface area contributed by atoms with Gasteiger partial charge in [-0.05, 0) is 57.4 Å². The van der Waals surface area contributed by atoms with Crippen LogP contribution in [0, 0.1) is 17.8 Å². The molecule has 2 saturated carbocycles. The maximum Gasteiger partial charge on any atom is 0.312 e. The minimum absolute atomic E-state index is 0.173. The van der Waals surface area contributed by atoms with Gasteiger partial charge in [0, 0.05) is 21.6 Å². The van der Waals surface area contributed by atoms with Crippen LogP contribution in [0.25, 0.3) is 11.5 Å². The molecule has 2 fully saturated rings. The van der Waals surface area contributed by atoms with E-state index >= 15 is 0 Å². The lowest BCUT2D eigenvalue weighted by atomic mass is 9.88. The third-order valence-electron chi connectivity index (χ3n) is 7.02. The molecule has 3 aliphatic rings. The lowest BCUT2D eigenvalue weighted by molar-refractivity contribution is -0.149. The summed E-state index contributed by atoms with van der Waals surface area (Å²) in [5, 5.41) is 3.96. The lowest BCUT2D eigenvalue weighted by Crippen LogP contribution is -2.27. The molecule has 0 aliphatic heterocycles. The lowest BCUT2D eigenvalue weighted by Gasteiger charge is -2.15. The fourth-order valence-corrected chi connectivity index (χ4v) is 6.98. The van der Waals surface area contributed by atoms with Crippen LogP contribution in [-0.4, -0.2) is 29.0 Å². The molecule has 0 unspecified atom stereocenters. The number of ether oxygens (including phenoxy) is 1. The molecule has 0 amide bonds. The number of methoxy groups -OCH3 is 1. The van der Waals surface area contributed by atoms with E-state index in [0.717, 1.165) is 49.0 Å². The fourth-order valence-electron chi connectivity index (χ4n) is 5.60. The molecule has 7 heteroatoms. The van der Waals surface area contributed by atoms with Gasteiger partial charge in [0.15, 0.2) is 5.82 Å². The summed E-state index contributed by atoms with van der Waals surface area (Å²) in [5.41, 5.74) is 1.16. The Hall–Kier alpha value is -2.02. The van der Waals surface area contributed by atoms with Gasteiger partial charge in [-0.15, -0.1) is 11.3 Å². The highest BCUT2D eigenvalue weighted by Gasteiger charge is 2.77. The molecule has 2 aromatic heterocycles. The third kappa shape index (κ3) is 2.38. The molecule has 0 radical (unpaired) electrons. The Morgan fingerprint density at radius 3 is 2.71 bits per heavy atom. The second-order valence-corrected chi connectivity index (χ2v) is 9.63. The van der Waals surface area contributed by atoms with Crippen molar-refractivity contribution >= 4 is 23.1 Å². The average Bonchev–Trinajstić information content (AvgIpc) is 3.03. The zero-order valence-corrected chi connectivity index (χ0v) is 17.1. The predicted octanol–water partition coefficient (Wildman–Crippen LogP) is 3.83. The zero-order valence-electron chi connectivity index (χ0n) is 16.3. The van der Waals surface area contributed by atoms with E-state index in [0.29, 0.717) is 24.6 Å². The van der Waals surface area contributed by atoms with Gasteiger partial charge in [0.1, 0.15) is 5.78 Å². The molecular formula is C21H24N2O4S. The summed E-state index contributed by atoms with van der Waals surface area (Å²) in [7, 11) is 1.42. The molecule has 2 heterocycles. The van der Waals surface area contributed by atoms with Gasteiger partial charge in [-0.2, -0.15) is 4.98 Å². The number of hydrogen-bond acceptors (Lipinski definition) is 7. The normalized spacial score (nSPS) is 27.9. The molecule has 0 aromatic carbocycles.